The average Bonchev–Trinajstić information content (AvgIpc) is 2.82. The van der Waals surface area contributed by atoms with Gasteiger partial charge in [-0.25, -0.2) is 4.79 Å². The second-order valence-corrected chi connectivity index (χ2v) is 9.58. The molecule has 0 aliphatic heterocycles. The fourth-order valence-electron chi connectivity index (χ4n) is 6.90. The maximum Gasteiger partial charge on any atom is 0.339 e. The fraction of sp³-hybridized carbons (Fsp3) is 0.700. The minimum Gasteiger partial charge on any atom is -0.478 e. The summed E-state index contributed by atoms with van der Waals surface area (Å²) in [6.45, 7) is 6.60. The first-order valence-corrected chi connectivity index (χ1v) is 9.23. The van der Waals surface area contributed by atoms with E-state index in [1.165, 1.54) is 25.3 Å². The Morgan fingerprint density at radius 1 is 1.20 bits per heavy atom. The monoisotopic (exact) mass is 345 g/mol. The number of hydrogen-bond acceptors (Lipinski definition) is 3. The van der Waals surface area contributed by atoms with E-state index < -0.39 is 5.97 Å². The summed E-state index contributed by atoms with van der Waals surface area (Å²) in [5.74, 6) is 0.680. The number of carbonyl (C=O) groups excluding carboxylic acids is 1. The predicted octanol–water partition coefficient (Wildman–Crippen LogP) is 3.90. The number of aryl methyl sites for hydroxylation is 1. The van der Waals surface area contributed by atoms with Crippen LogP contribution in [0, 0.1) is 29.1 Å². The molecular formula is C20H27NO4. The summed E-state index contributed by atoms with van der Waals surface area (Å²) >= 11 is 0. The number of amides is 1. The molecule has 4 aliphatic carbocycles. The highest BCUT2D eigenvalue weighted by atomic mass is 16.4. The van der Waals surface area contributed by atoms with E-state index in [1.54, 1.807) is 6.92 Å². The molecule has 5 heteroatoms. The molecule has 5 nitrogen and oxygen atoms in total. The van der Waals surface area contributed by atoms with Gasteiger partial charge in [0.2, 0.25) is 5.91 Å². The van der Waals surface area contributed by atoms with Crippen molar-refractivity contribution in [1.29, 1.82) is 0 Å². The number of carboxylic acid groups (broad SMARTS) is 1. The van der Waals surface area contributed by atoms with Crippen LogP contribution in [-0.4, -0.2) is 17.0 Å². The van der Waals surface area contributed by atoms with E-state index in [4.69, 9.17) is 9.52 Å². The Morgan fingerprint density at radius 3 is 2.36 bits per heavy atom. The van der Waals surface area contributed by atoms with Crippen LogP contribution in [0.5, 0.6) is 0 Å². The van der Waals surface area contributed by atoms with Crippen molar-refractivity contribution in [2.24, 2.45) is 22.2 Å². The summed E-state index contributed by atoms with van der Waals surface area (Å²) in [7, 11) is 0. The van der Waals surface area contributed by atoms with Crippen molar-refractivity contribution in [2.45, 2.75) is 65.8 Å². The molecule has 4 saturated carbocycles. The van der Waals surface area contributed by atoms with Gasteiger partial charge < -0.3 is 14.8 Å². The largest absolute Gasteiger partial charge is 0.478 e. The molecule has 0 aromatic carbocycles. The molecule has 1 heterocycles. The molecule has 0 radical (unpaired) electrons. The molecule has 25 heavy (non-hydrogen) atoms. The standard InChI is InChI=1S/C20H27NO4/c1-12-15(16(22)23)4-14(25-12)8-21-17(24)20-7-13-5-18(2,10-20)9-19(3,6-13)11-20/h4,13H,5-11H2,1-3H3,(H,21,24)(H,22,23). The van der Waals surface area contributed by atoms with Crippen molar-refractivity contribution in [1.82, 2.24) is 5.32 Å². The molecule has 1 aromatic heterocycles. The normalized spacial score (nSPS) is 38.8. The molecule has 0 spiro atoms. The van der Waals surface area contributed by atoms with E-state index in [9.17, 15) is 9.59 Å². The lowest BCUT2D eigenvalue weighted by Gasteiger charge is -2.64. The minimum absolute atomic E-state index is 0.125. The Balaban J connectivity index is 1.50. The van der Waals surface area contributed by atoms with Crippen molar-refractivity contribution in [2.75, 3.05) is 0 Å². The first kappa shape index (κ1) is 16.7. The third-order valence-electron chi connectivity index (χ3n) is 6.73. The number of aromatic carboxylic acids is 1. The molecule has 5 rings (SSSR count). The quantitative estimate of drug-likeness (QED) is 0.867. The summed E-state index contributed by atoms with van der Waals surface area (Å²) in [4.78, 5) is 24.2. The summed E-state index contributed by atoms with van der Waals surface area (Å²) in [6.07, 6.45) is 6.73. The summed E-state index contributed by atoms with van der Waals surface area (Å²) < 4.78 is 5.49. The van der Waals surface area contributed by atoms with Crippen molar-refractivity contribution in [3.8, 4) is 0 Å². The zero-order chi connectivity index (χ0) is 18.0. The zero-order valence-electron chi connectivity index (χ0n) is 15.3. The van der Waals surface area contributed by atoms with Crippen LogP contribution in [0.3, 0.4) is 0 Å². The van der Waals surface area contributed by atoms with E-state index in [1.807, 2.05) is 0 Å². The molecule has 136 valence electrons. The highest BCUT2D eigenvalue weighted by Gasteiger charge is 2.62. The number of carbonyl (C=O) groups is 2. The first-order chi connectivity index (χ1) is 11.6. The predicted molar refractivity (Wildman–Crippen MR) is 92.1 cm³/mol. The third kappa shape index (κ3) is 2.68. The van der Waals surface area contributed by atoms with Crippen molar-refractivity contribution in [3.63, 3.8) is 0 Å². The van der Waals surface area contributed by atoms with Gasteiger partial charge in [-0.1, -0.05) is 13.8 Å². The van der Waals surface area contributed by atoms with Gasteiger partial charge in [-0.2, -0.15) is 0 Å². The topological polar surface area (TPSA) is 79.5 Å². The van der Waals surface area contributed by atoms with Crippen LogP contribution in [0.25, 0.3) is 0 Å². The van der Waals surface area contributed by atoms with Gasteiger partial charge in [0.1, 0.15) is 17.1 Å². The summed E-state index contributed by atoms with van der Waals surface area (Å²) in [5, 5.41) is 12.2. The zero-order valence-corrected chi connectivity index (χ0v) is 15.3. The van der Waals surface area contributed by atoms with Crippen LogP contribution in [0.15, 0.2) is 10.5 Å². The van der Waals surface area contributed by atoms with Gasteiger partial charge in [0.05, 0.1) is 12.0 Å². The highest BCUT2D eigenvalue weighted by Crippen LogP contribution is 2.69. The maximum absolute atomic E-state index is 13.1. The first-order valence-electron chi connectivity index (χ1n) is 9.23. The van der Waals surface area contributed by atoms with Gasteiger partial charge in [0.15, 0.2) is 0 Å². The summed E-state index contributed by atoms with van der Waals surface area (Å²) in [6, 6.07) is 1.51. The maximum atomic E-state index is 13.1. The number of hydrogen-bond donors (Lipinski definition) is 2. The molecule has 4 bridgehead atoms. The van der Waals surface area contributed by atoms with Crippen LogP contribution in [0.4, 0.5) is 0 Å². The van der Waals surface area contributed by atoms with Crippen LogP contribution < -0.4 is 5.32 Å². The smallest absolute Gasteiger partial charge is 0.339 e. The fourth-order valence-corrected chi connectivity index (χ4v) is 6.90. The SMILES string of the molecule is Cc1oc(CNC(=O)C23CC4CC(C)(CC(C)(C4)C2)C3)cc1C(=O)O. The Hall–Kier alpha value is -1.78. The van der Waals surface area contributed by atoms with Gasteiger partial charge in [-0.05, 0) is 68.3 Å². The Kier molecular flexibility index (Phi) is 3.41. The second-order valence-electron chi connectivity index (χ2n) is 9.58. The molecule has 0 saturated heterocycles. The highest BCUT2D eigenvalue weighted by molar-refractivity contribution is 5.89. The van der Waals surface area contributed by atoms with Crippen LogP contribution in [0.1, 0.15) is 74.3 Å². The summed E-state index contributed by atoms with van der Waals surface area (Å²) in [5.41, 5.74) is 0.506. The van der Waals surface area contributed by atoms with Gasteiger partial charge >= 0.3 is 5.97 Å². The van der Waals surface area contributed by atoms with E-state index in [2.05, 4.69) is 19.2 Å². The Labute approximate surface area is 148 Å². The van der Waals surface area contributed by atoms with Crippen molar-refractivity contribution < 1.29 is 19.1 Å². The lowest BCUT2D eigenvalue weighted by Crippen LogP contribution is -2.59. The molecule has 1 aromatic rings. The number of nitrogens with one attached hydrogen (secondary N) is 1. The van der Waals surface area contributed by atoms with E-state index in [0.717, 1.165) is 19.3 Å². The second kappa shape index (κ2) is 5.12. The van der Waals surface area contributed by atoms with Crippen LogP contribution in [0.2, 0.25) is 0 Å². The van der Waals surface area contributed by atoms with Gasteiger partial charge in [0.25, 0.3) is 0 Å². The van der Waals surface area contributed by atoms with E-state index in [-0.39, 0.29) is 23.4 Å². The molecule has 1 amide bonds. The molecule has 2 unspecified atom stereocenters. The van der Waals surface area contributed by atoms with Crippen molar-refractivity contribution >= 4 is 11.9 Å². The van der Waals surface area contributed by atoms with Gasteiger partial charge in [-0.15, -0.1) is 0 Å². The Bertz CT molecular complexity index is 731. The van der Waals surface area contributed by atoms with Crippen LogP contribution in [-0.2, 0) is 11.3 Å². The van der Waals surface area contributed by atoms with Gasteiger partial charge in [0, 0.05) is 0 Å². The van der Waals surface area contributed by atoms with E-state index in [0.29, 0.717) is 28.3 Å². The number of rotatable bonds is 4. The van der Waals surface area contributed by atoms with Gasteiger partial charge in [-0.3, -0.25) is 4.79 Å². The lowest BCUT2D eigenvalue weighted by molar-refractivity contribution is -0.170. The molecule has 2 N–H and O–H groups in total. The molecule has 4 fully saturated rings. The van der Waals surface area contributed by atoms with E-state index >= 15 is 0 Å². The average molecular weight is 345 g/mol. The Morgan fingerprint density at radius 2 is 1.84 bits per heavy atom. The lowest BCUT2D eigenvalue weighted by atomic mass is 9.40. The molecule has 4 aliphatic rings. The third-order valence-corrected chi connectivity index (χ3v) is 6.73. The van der Waals surface area contributed by atoms with Crippen LogP contribution >= 0.6 is 0 Å². The molecular weight excluding hydrogens is 318 g/mol. The van der Waals surface area contributed by atoms with Crippen molar-refractivity contribution in [3.05, 3.63) is 23.2 Å². The number of carboxylic acids is 1. The minimum atomic E-state index is -0.999. The molecule has 2 atom stereocenters. The number of furan rings is 1.